The molecule has 1 saturated heterocycles. The Balaban J connectivity index is 2.19. The summed E-state index contributed by atoms with van der Waals surface area (Å²) >= 11 is 0. The van der Waals surface area contributed by atoms with E-state index in [1.807, 2.05) is 7.05 Å². The highest BCUT2D eigenvalue weighted by atomic mass is 16.3. The Labute approximate surface area is 93.2 Å². The molecule has 1 unspecified atom stereocenters. The Morgan fingerprint density at radius 2 is 2.00 bits per heavy atom. The third-order valence-corrected chi connectivity index (χ3v) is 3.20. The molecule has 1 fully saturated rings. The zero-order valence-electron chi connectivity index (χ0n) is 10.2. The van der Waals surface area contributed by atoms with Crippen molar-refractivity contribution in [3.05, 3.63) is 0 Å². The first-order valence-electron chi connectivity index (χ1n) is 5.85. The van der Waals surface area contributed by atoms with Gasteiger partial charge in [0.2, 0.25) is 0 Å². The number of aliphatic hydroxyl groups is 1. The van der Waals surface area contributed by atoms with Crippen molar-refractivity contribution in [1.29, 1.82) is 0 Å². The first-order valence-corrected chi connectivity index (χ1v) is 5.85. The third-order valence-electron chi connectivity index (χ3n) is 3.20. The van der Waals surface area contributed by atoms with Crippen molar-refractivity contribution in [3.8, 4) is 0 Å². The van der Waals surface area contributed by atoms with E-state index in [1.54, 1.807) is 0 Å². The van der Waals surface area contributed by atoms with Gasteiger partial charge in [0.25, 0.3) is 0 Å². The van der Waals surface area contributed by atoms with Crippen LogP contribution in [0.4, 0.5) is 0 Å². The van der Waals surface area contributed by atoms with Gasteiger partial charge in [-0.2, -0.15) is 0 Å². The predicted molar refractivity (Wildman–Crippen MR) is 63.1 cm³/mol. The maximum absolute atomic E-state index is 9.66. The van der Waals surface area contributed by atoms with Gasteiger partial charge in [0.1, 0.15) is 0 Å². The highest BCUT2D eigenvalue weighted by Gasteiger charge is 2.21. The Morgan fingerprint density at radius 3 is 2.47 bits per heavy atom. The number of β-amino-alcohol motifs (C(OH)–C–C–N with tert-alkyl or cyclic N) is 1. The lowest BCUT2D eigenvalue weighted by Gasteiger charge is -2.35. The summed E-state index contributed by atoms with van der Waals surface area (Å²) in [6.45, 7) is 3.72. The van der Waals surface area contributed by atoms with E-state index in [0.717, 1.165) is 25.7 Å². The topological polar surface area (TPSA) is 38.7 Å². The molecule has 1 atom stereocenters. The van der Waals surface area contributed by atoms with E-state index in [2.05, 4.69) is 29.2 Å². The first kappa shape index (κ1) is 12.9. The lowest BCUT2D eigenvalue weighted by molar-refractivity contribution is 0.0806. The van der Waals surface area contributed by atoms with Crippen LogP contribution < -0.4 is 5.32 Å². The van der Waals surface area contributed by atoms with E-state index in [-0.39, 0.29) is 6.10 Å². The summed E-state index contributed by atoms with van der Waals surface area (Å²) in [7, 11) is 6.17. The largest absolute Gasteiger partial charge is 0.390 e. The number of piperidine rings is 1. The van der Waals surface area contributed by atoms with Crippen LogP contribution in [0.3, 0.4) is 0 Å². The van der Waals surface area contributed by atoms with Crippen LogP contribution >= 0.6 is 0 Å². The summed E-state index contributed by atoms with van der Waals surface area (Å²) in [6.07, 6.45) is 2.21. The Hall–Kier alpha value is -0.160. The first-order chi connectivity index (χ1) is 7.13. The molecule has 1 aliphatic heterocycles. The number of nitrogens with one attached hydrogen (secondary N) is 1. The van der Waals surface area contributed by atoms with Crippen LogP contribution in [0.2, 0.25) is 0 Å². The molecule has 0 radical (unpaired) electrons. The summed E-state index contributed by atoms with van der Waals surface area (Å²) in [5.74, 6) is 0. The van der Waals surface area contributed by atoms with Crippen LogP contribution in [0, 0.1) is 0 Å². The number of likely N-dealkylation sites (N-methyl/N-ethyl adjacent to an activating group) is 1. The van der Waals surface area contributed by atoms with Gasteiger partial charge in [0.05, 0.1) is 6.10 Å². The minimum absolute atomic E-state index is 0.231. The van der Waals surface area contributed by atoms with E-state index < -0.39 is 0 Å². The van der Waals surface area contributed by atoms with E-state index >= 15 is 0 Å². The molecule has 0 amide bonds. The number of nitrogens with zero attached hydrogens (tertiary/aromatic N) is 2. The fourth-order valence-corrected chi connectivity index (χ4v) is 2.22. The normalized spacial score (nSPS) is 22.2. The summed E-state index contributed by atoms with van der Waals surface area (Å²) in [6, 6.07) is 0.725. The average molecular weight is 215 g/mol. The smallest absolute Gasteiger partial charge is 0.0791 e. The van der Waals surface area contributed by atoms with Crippen molar-refractivity contribution >= 4 is 0 Å². The van der Waals surface area contributed by atoms with E-state index in [9.17, 15) is 5.11 Å². The lowest BCUT2D eigenvalue weighted by Crippen LogP contribution is -2.45. The zero-order chi connectivity index (χ0) is 11.3. The van der Waals surface area contributed by atoms with Gasteiger partial charge in [0, 0.05) is 19.1 Å². The molecule has 0 aliphatic carbocycles. The van der Waals surface area contributed by atoms with Crippen molar-refractivity contribution in [2.75, 3.05) is 47.3 Å². The Kier molecular flexibility index (Phi) is 5.53. The van der Waals surface area contributed by atoms with Gasteiger partial charge in [-0.3, -0.25) is 0 Å². The molecule has 0 aromatic carbocycles. The van der Waals surface area contributed by atoms with Crippen molar-refractivity contribution in [3.63, 3.8) is 0 Å². The number of aliphatic hydroxyl groups excluding tert-OH is 1. The van der Waals surface area contributed by atoms with Crippen LogP contribution in [-0.4, -0.2) is 74.4 Å². The maximum Gasteiger partial charge on any atom is 0.0791 e. The van der Waals surface area contributed by atoms with Crippen molar-refractivity contribution < 1.29 is 5.11 Å². The second kappa shape index (κ2) is 6.43. The van der Waals surface area contributed by atoms with Gasteiger partial charge in [-0.15, -0.1) is 0 Å². The summed E-state index contributed by atoms with van der Waals surface area (Å²) in [5.41, 5.74) is 0. The monoisotopic (exact) mass is 215 g/mol. The van der Waals surface area contributed by atoms with E-state index in [0.29, 0.717) is 6.54 Å². The van der Waals surface area contributed by atoms with Crippen LogP contribution in [0.1, 0.15) is 12.8 Å². The molecule has 4 heteroatoms. The molecule has 1 rings (SSSR count). The molecule has 0 aromatic rings. The maximum atomic E-state index is 9.66. The van der Waals surface area contributed by atoms with Crippen molar-refractivity contribution in [2.45, 2.75) is 25.0 Å². The number of likely N-dealkylation sites (tertiary alicyclic amines) is 1. The van der Waals surface area contributed by atoms with Gasteiger partial charge in [-0.1, -0.05) is 0 Å². The minimum atomic E-state index is -0.231. The van der Waals surface area contributed by atoms with Crippen LogP contribution in [0.5, 0.6) is 0 Å². The van der Waals surface area contributed by atoms with Crippen LogP contribution in [0.15, 0.2) is 0 Å². The summed E-state index contributed by atoms with van der Waals surface area (Å²) in [5, 5.41) is 12.7. The molecular weight excluding hydrogens is 190 g/mol. The molecule has 0 spiro atoms. The highest BCUT2D eigenvalue weighted by molar-refractivity contribution is 4.78. The fraction of sp³-hybridized carbons (Fsp3) is 1.00. The van der Waals surface area contributed by atoms with Gasteiger partial charge in [-0.05, 0) is 47.1 Å². The Bertz CT molecular complexity index is 167. The third kappa shape index (κ3) is 4.47. The lowest BCUT2D eigenvalue weighted by atomic mass is 10.0. The molecule has 4 nitrogen and oxygen atoms in total. The Morgan fingerprint density at radius 1 is 1.40 bits per heavy atom. The van der Waals surface area contributed by atoms with Crippen LogP contribution in [0.25, 0.3) is 0 Å². The molecule has 0 saturated carbocycles. The van der Waals surface area contributed by atoms with E-state index in [1.165, 1.54) is 12.8 Å². The number of hydrogen-bond acceptors (Lipinski definition) is 4. The van der Waals surface area contributed by atoms with Crippen molar-refractivity contribution in [1.82, 2.24) is 15.1 Å². The van der Waals surface area contributed by atoms with Gasteiger partial charge in [-0.25, -0.2) is 0 Å². The minimum Gasteiger partial charge on any atom is -0.390 e. The fourth-order valence-electron chi connectivity index (χ4n) is 2.22. The molecule has 0 aromatic heterocycles. The highest BCUT2D eigenvalue weighted by Crippen LogP contribution is 2.13. The second-order valence-electron chi connectivity index (χ2n) is 4.71. The molecule has 2 N–H and O–H groups in total. The van der Waals surface area contributed by atoms with Gasteiger partial charge >= 0.3 is 0 Å². The SMILES string of the molecule is CNCC(O)CN1CCC(N(C)C)CC1. The number of rotatable bonds is 5. The summed E-state index contributed by atoms with van der Waals surface area (Å²) < 4.78 is 0. The molecular formula is C11H25N3O. The standard InChI is InChI=1S/C11H25N3O/c1-12-8-11(15)9-14-6-4-10(5-7-14)13(2)3/h10-12,15H,4-9H2,1-3H3. The van der Waals surface area contributed by atoms with Gasteiger partial charge < -0.3 is 20.2 Å². The molecule has 1 aliphatic rings. The van der Waals surface area contributed by atoms with Gasteiger partial charge in [0.15, 0.2) is 0 Å². The van der Waals surface area contributed by atoms with Crippen molar-refractivity contribution in [2.24, 2.45) is 0 Å². The van der Waals surface area contributed by atoms with E-state index in [4.69, 9.17) is 0 Å². The van der Waals surface area contributed by atoms with Crippen LogP contribution in [-0.2, 0) is 0 Å². The number of hydrogen-bond donors (Lipinski definition) is 2. The summed E-state index contributed by atoms with van der Waals surface area (Å²) in [4.78, 5) is 4.67. The zero-order valence-corrected chi connectivity index (χ0v) is 10.2. The quantitative estimate of drug-likeness (QED) is 0.654. The molecule has 15 heavy (non-hydrogen) atoms. The second-order valence-corrected chi connectivity index (χ2v) is 4.71. The average Bonchev–Trinajstić information content (AvgIpc) is 2.18. The molecule has 90 valence electrons. The molecule has 0 bridgehead atoms. The predicted octanol–water partition coefficient (Wildman–Crippen LogP) is -0.407. The molecule has 1 heterocycles.